The maximum absolute atomic E-state index is 12.0. The Bertz CT molecular complexity index is 376. The summed E-state index contributed by atoms with van der Waals surface area (Å²) in [5.74, 6) is 0.789. The number of hydrogen-bond acceptors (Lipinski definition) is 2. The van der Waals surface area contributed by atoms with Gasteiger partial charge in [0.15, 0.2) is 5.78 Å². The molecule has 0 amide bonds. The summed E-state index contributed by atoms with van der Waals surface area (Å²) in [4.78, 5) is 14.0. The molecule has 1 aromatic carbocycles. The van der Waals surface area contributed by atoms with Gasteiger partial charge in [-0.3, -0.25) is 9.69 Å². The lowest BCUT2D eigenvalue weighted by molar-refractivity contribution is 0.0944. The normalized spacial score (nSPS) is 11.2. The van der Waals surface area contributed by atoms with E-state index in [4.69, 9.17) is 11.6 Å². The molecule has 0 radical (unpaired) electrons. The van der Waals surface area contributed by atoms with Crippen LogP contribution in [0.2, 0.25) is 5.02 Å². The second-order valence-electron chi connectivity index (χ2n) is 4.85. The third kappa shape index (κ3) is 5.33. The average Bonchev–Trinajstić information content (AvgIpc) is 2.26. The van der Waals surface area contributed by atoms with E-state index < -0.39 is 0 Å². The Morgan fingerprint density at radius 2 is 2.12 bits per heavy atom. The Morgan fingerprint density at radius 3 is 2.71 bits per heavy atom. The summed E-state index contributed by atoms with van der Waals surface area (Å²) >= 11 is 5.86. The van der Waals surface area contributed by atoms with Crippen LogP contribution in [0, 0.1) is 5.92 Å². The minimum Gasteiger partial charge on any atom is -0.299 e. The standard InChI is InChI=1S/C14H20ClNO/c1-11(2)7-8-16(3)10-14(17)12-5-4-6-13(15)9-12/h4-6,9,11H,7-8,10H2,1-3H3. The van der Waals surface area contributed by atoms with Crippen molar-refractivity contribution in [2.75, 3.05) is 20.1 Å². The molecule has 1 aromatic rings. The summed E-state index contributed by atoms with van der Waals surface area (Å²) in [6.07, 6.45) is 1.11. The summed E-state index contributed by atoms with van der Waals surface area (Å²) in [6, 6.07) is 7.12. The van der Waals surface area contributed by atoms with Gasteiger partial charge in [0.25, 0.3) is 0 Å². The van der Waals surface area contributed by atoms with Gasteiger partial charge in [-0.25, -0.2) is 0 Å². The van der Waals surface area contributed by atoms with Crippen molar-refractivity contribution >= 4 is 17.4 Å². The zero-order chi connectivity index (χ0) is 12.8. The Kier molecular flexibility index (Phi) is 5.66. The number of ketones is 1. The lowest BCUT2D eigenvalue weighted by Crippen LogP contribution is -2.27. The van der Waals surface area contributed by atoms with Crippen LogP contribution in [0.5, 0.6) is 0 Å². The van der Waals surface area contributed by atoms with Gasteiger partial charge in [0.05, 0.1) is 6.54 Å². The van der Waals surface area contributed by atoms with E-state index in [1.165, 1.54) is 0 Å². The average molecular weight is 254 g/mol. The van der Waals surface area contributed by atoms with Gasteiger partial charge in [0.2, 0.25) is 0 Å². The first kappa shape index (κ1) is 14.2. The monoisotopic (exact) mass is 253 g/mol. The molecule has 1 rings (SSSR count). The van der Waals surface area contributed by atoms with Crippen LogP contribution in [0.15, 0.2) is 24.3 Å². The number of nitrogens with zero attached hydrogens (tertiary/aromatic N) is 1. The van der Waals surface area contributed by atoms with Crippen molar-refractivity contribution in [2.45, 2.75) is 20.3 Å². The first-order chi connectivity index (χ1) is 7.99. The smallest absolute Gasteiger partial charge is 0.176 e. The Labute approximate surface area is 109 Å². The van der Waals surface area contributed by atoms with Crippen molar-refractivity contribution in [3.63, 3.8) is 0 Å². The number of Topliss-reactive ketones (excluding diaryl/α,β-unsaturated/α-hetero) is 1. The highest BCUT2D eigenvalue weighted by molar-refractivity contribution is 6.31. The van der Waals surface area contributed by atoms with Crippen LogP contribution in [0.1, 0.15) is 30.6 Å². The van der Waals surface area contributed by atoms with Gasteiger partial charge in [-0.05, 0) is 38.1 Å². The minimum absolute atomic E-state index is 0.124. The van der Waals surface area contributed by atoms with Crippen molar-refractivity contribution in [3.05, 3.63) is 34.9 Å². The largest absolute Gasteiger partial charge is 0.299 e. The van der Waals surface area contributed by atoms with Crippen molar-refractivity contribution < 1.29 is 4.79 Å². The molecule has 0 aromatic heterocycles. The molecule has 0 N–H and O–H groups in total. The molecule has 3 heteroatoms. The SMILES string of the molecule is CC(C)CCN(C)CC(=O)c1cccc(Cl)c1. The molecule has 0 aliphatic heterocycles. The predicted octanol–water partition coefficient (Wildman–Crippen LogP) is 3.50. The molecule has 17 heavy (non-hydrogen) atoms. The fraction of sp³-hybridized carbons (Fsp3) is 0.500. The van der Waals surface area contributed by atoms with E-state index in [2.05, 4.69) is 18.7 Å². The maximum atomic E-state index is 12.0. The van der Waals surface area contributed by atoms with Gasteiger partial charge >= 0.3 is 0 Å². The van der Waals surface area contributed by atoms with Crippen molar-refractivity contribution in [1.82, 2.24) is 4.90 Å². The molecule has 0 bridgehead atoms. The van der Waals surface area contributed by atoms with Crippen LogP contribution in [0.3, 0.4) is 0 Å². The number of carbonyl (C=O) groups is 1. The number of hydrogen-bond donors (Lipinski definition) is 0. The minimum atomic E-state index is 0.124. The van der Waals surface area contributed by atoms with Crippen molar-refractivity contribution in [3.8, 4) is 0 Å². The number of benzene rings is 1. The van der Waals surface area contributed by atoms with E-state index >= 15 is 0 Å². The summed E-state index contributed by atoms with van der Waals surface area (Å²) < 4.78 is 0. The zero-order valence-electron chi connectivity index (χ0n) is 10.7. The van der Waals surface area contributed by atoms with Gasteiger partial charge < -0.3 is 0 Å². The lowest BCUT2D eigenvalue weighted by atomic mass is 10.1. The van der Waals surface area contributed by atoms with Crippen LogP contribution < -0.4 is 0 Å². The molecule has 0 aliphatic rings. The highest BCUT2D eigenvalue weighted by atomic mass is 35.5. The predicted molar refractivity (Wildman–Crippen MR) is 72.7 cm³/mol. The van der Waals surface area contributed by atoms with Crippen LogP contribution in [-0.2, 0) is 0 Å². The highest BCUT2D eigenvalue weighted by Gasteiger charge is 2.09. The quantitative estimate of drug-likeness (QED) is 0.724. The second-order valence-corrected chi connectivity index (χ2v) is 5.29. The topological polar surface area (TPSA) is 20.3 Å². The molecule has 0 heterocycles. The third-order valence-corrected chi connectivity index (χ3v) is 2.88. The van der Waals surface area contributed by atoms with Crippen LogP contribution in [-0.4, -0.2) is 30.8 Å². The number of likely N-dealkylation sites (N-methyl/N-ethyl adjacent to an activating group) is 1. The molecule has 0 saturated carbocycles. The second kappa shape index (κ2) is 6.77. The summed E-state index contributed by atoms with van der Waals surface area (Å²) in [5, 5.41) is 0.612. The Hall–Kier alpha value is -0.860. The summed E-state index contributed by atoms with van der Waals surface area (Å²) in [7, 11) is 1.98. The number of halogens is 1. The fourth-order valence-electron chi connectivity index (χ4n) is 1.56. The van der Waals surface area contributed by atoms with Gasteiger partial charge in [-0.2, -0.15) is 0 Å². The van der Waals surface area contributed by atoms with Crippen LogP contribution in [0.4, 0.5) is 0 Å². The molecule has 0 aliphatic carbocycles. The van der Waals surface area contributed by atoms with E-state index in [9.17, 15) is 4.79 Å². The molecule has 0 spiro atoms. The molecule has 0 fully saturated rings. The summed E-state index contributed by atoms with van der Waals surface area (Å²) in [6.45, 7) is 5.77. The van der Waals surface area contributed by atoms with E-state index in [1.807, 2.05) is 19.2 Å². The van der Waals surface area contributed by atoms with Gasteiger partial charge in [-0.15, -0.1) is 0 Å². The van der Waals surface area contributed by atoms with Crippen molar-refractivity contribution in [1.29, 1.82) is 0 Å². The molecule has 0 atom stereocenters. The maximum Gasteiger partial charge on any atom is 0.176 e. The Morgan fingerprint density at radius 1 is 1.41 bits per heavy atom. The van der Waals surface area contributed by atoms with Crippen molar-refractivity contribution in [2.24, 2.45) is 5.92 Å². The summed E-state index contributed by atoms with van der Waals surface area (Å²) in [5.41, 5.74) is 0.689. The van der Waals surface area contributed by atoms with Gasteiger partial charge in [0.1, 0.15) is 0 Å². The van der Waals surface area contributed by atoms with E-state index in [0.29, 0.717) is 23.0 Å². The molecule has 2 nitrogen and oxygen atoms in total. The number of carbonyl (C=O) groups excluding carboxylic acids is 1. The first-order valence-electron chi connectivity index (χ1n) is 5.96. The van der Waals surface area contributed by atoms with Gasteiger partial charge in [0, 0.05) is 10.6 Å². The molecular weight excluding hydrogens is 234 g/mol. The third-order valence-electron chi connectivity index (χ3n) is 2.65. The lowest BCUT2D eigenvalue weighted by Gasteiger charge is -2.16. The molecule has 0 unspecified atom stereocenters. The first-order valence-corrected chi connectivity index (χ1v) is 6.34. The van der Waals surface area contributed by atoms with E-state index in [1.54, 1.807) is 12.1 Å². The highest BCUT2D eigenvalue weighted by Crippen LogP contribution is 2.11. The molecular formula is C14H20ClNO. The molecule has 0 saturated heterocycles. The van der Waals surface area contributed by atoms with Gasteiger partial charge in [-0.1, -0.05) is 37.6 Å². The van der Waals surface area contributed by atoms with E-state index in [0.717, 1.165) is 13.0 Å². The van der Waals surface area contributed by atoms with Crippen LogP contribution in [0.25, 0.3) is 0 Å². The van der Waals surface area contributed by atoms with Crippen LogP contribution >= 0.6 is 11.6 Å². The number of rotatable bonds is 6. The molecule has 94 valence electrons. The van der Waals surface area contributed by atoms with E-state index in [-0.39, 0.29) is 5.78 Å². The fourth-order valence-corrected chi connectivity index (χ4v) is 1.75. The zero-order valence-corrected chi connectivity index (χ0v) is 11.5. The Balaban J connectivity index is 2.49.